The third kappa shape index (κ3) is 3.08. The van der Waals surface area contributed by atoms with Crippen molar-refractivity contribution in [1.82, 2.24) is 9.97 Å². The lowest BCUT2D eigenvalue weighted by atomic mass is 9.91. The van der Waals surface area contributed by atoms with E-state index in [2.05, 4.69) is 25.9 Å². The first-order chi connectivity index (χ1) is 8.60. The predicted octanol–water partition coefficient (Wildman–Crippen LogP) is 1.73. The molecular formula is C12H17BrN2O3S. The average molecular weight is 349 g/mol. The van der Waals surface area contributed by atoms with Crippen molar-refractivity contribution in [2.75, 3.05) is 11.5 Å². The maximum absolute atomic E-state index is 11.9. The van der Waals surface area contributed by atoms with Gasteiger partial charge in [0, 0.05) is 11.3 Å². The molecule has 0 bridgehead atoms. The zero-order valence-corrected chi connectivity index (χ0v) is 13.6. The molecule has 1 aliphatic rings. The lowest BCUT2D eigenvalue weighted by Gasteiger charge is -2.20. The van der Waals surface area contributed by atoms with E-state index in [0.29, 0.717) is 22.4 Å². The van der Waals surface area contributed by atoms with Crippen molar-refractivity contribution < 1.29 is 8.42 Å². The van der Waals surface area contributed by atoms with Crippen molar-refractivity contribution >= 4 is 25.8 Å². The second-order valence-corrected chi connectivity index (χ2v) is 8.99. The smallest absolute Gasteiger partial charge is 0.265 e. The van der Waals surface area contributed by atoms with Gasteiger partial charge in [-0.2, -0.15) is 0 Å². The highest BCUT2D eigenvalue weighted by Gasteiger charge is 2.32. The van der Waals surface area contributed by atoms with Crippen LogP contribution in [-0.4, -0.2) is 29.9 Å². The Hall–Kier alpha value is -0.690. The molecule has 1 aliphatic heterocycles. The van der Waals surface area contributed by atoms with Gasteiger partial charge in [-0.05, 0) is 22.4 Å². The molecule has 5 nitrogen and oxygen atoms in total. The number of H-pyrrole nitrogens is 1. The van der Waals surface area contributed by atoms with Gasteiger partial charge >= 0.3 is 0 Å². The summed E-state index contributed by atoms with van der Waals surface area (Å²) in [5.41, 5.74) is 0.133. The molecule has 0 aromatic carbocycles. The number of hydrogen-bond acceptors (Lipinski definition) is 4. The van der Waals surface area contributed by atoms with Crippen molar-refractivity contribution in [3.05, 3.63) is 26.3 Å². The van der Waals surface area contributed by atoms with Crippen molar-refractivity contribution in [3.8, 4) is 0 Å². The molecule has 0 radical (unpaired) electrons. The van der Waals surface area contributed by atoms with Gasteiger partial charge in [0.2, 0.25) is 0 Å². The second-order valence-electron chi connectivity index (χ2n) is 5.96. The zero-order chi connectivity index (χ0) is 14.4. The van der Waals surface area contributed by atoms with Crippen LogP contribution < -0.4 is 5.56 Å². The first-order valence-electron chi connectivity index (χ1n) is 6.11. The topological polar surface area (TPSA) is 79.9 Å². The Morgan fingerprint density at radius 1 is 1.37 bits per heavy atom. The average Bonchev–Trinajstić information content (AvgIpc) is 2.61. The standard InChI is InChI=1S/C12H17BrN2O3S/c1-12(2,3)9-8(13)11(16)15-10(14-9)7-4-5-19(17,18)6-7/h7H,4-6H2,1-3H3,(H,14,15,16). The summed E-state index contributed by atoms with van der Waals surface area (Å²) >= 11 is 3.26. The fourth-order valence-electron chi connectivity index (χ4n) is 2.18. The minimum Gasteiger partial charge on any atom is -0.309 e. The van der Waals surface area contributed by atoms with Gasteiger partial charge in [-0.25, -0.2) is 13.4 Å². The van der Waals surface area contributed by atoms with E-state index in [1.807, 2.05) is 20.8 Å². The fraction of sp³-hybridized carbons (Fsp3) is 0.667. The van der Waals surface area contributed by atoms with Gasteiger partial charge in [-0.3, -0.25) is 4.79 Å². The van der Waals surface area contributed by atoms with Crippen LogP contribution in [0.1, 0.15) is 44.6 Å². The summed E-state index contributed by atoms with van der Waals surface area (Å²) in [5, 5.41) is 0. The van der Waals surface area contributed by atoms with Gasteiger partial charge in [-0.15, -0.1) is 0 Å². The fourth-order valence-corrected chi connectivity index (χ4v) is 4.71. The minimum absolute atomic E-state index is 0.0706. The maximum atomic E-state index is 11.9. The molecule has 1 saturated heterocycles. The van der Waals surface area contributed by atoms with Crippen LogP contribution in [0.4, 0.5) is 0 Å². The molecule has 1 atom stereocenters. The van der Waals surface area contributed by atoms with Crippen LogP contribution in [0.25, 0.3) is 0 Å². The lowest BCUT2D eigenvalue weighted by molar-refractivity contribution is 0.549. The summed E-state index contributed by atoms with van der Waals surface area (Å²) in [6.07, 6.45) is 0.524. The number of rotatable bonds is 1. The first kappa shape index (κ1) is 14.7. The highest BCUT2D eigenvalue weighted by molar-refractivity contribution is 9.10. The molecule has 0 amide bonds. The Morgan fingerprint density at radius 3 is 2.47 bits per heavy atom. The Morgan fingerprint density at radius 2 is 2.00 bits per heavy atom. The molecule has 19 heavy (non-hydrogen) atoms. The highest BCUT2D eigenvalue weighted by Crippen LogP contribution is 2.30. The van der Waals surface area contributed by atoms with Gasteiger partial charge in [0.15, 0.2) is 9.84 Å². The monoisotopic (exact) mass is 348 g/mol. The van der Waals surface area contributed by atoms with E-state index in [4.69, 9.17) is 0 Å². The molecule has 7 heteroatoms. The van der Waals surface area contributed by atoms with Crippen LogP contribution in [0.2, 0.25) is 0 Å². The number of sulfone groups is 1. The van der Waals surface area contributed by atoms with E-state index in [1.165, 1.54) is 0 Å². The van der Waals surface area contributed by atoms with Gasteiger partial charge < -0.3 is 4.98 Å². The van der Waals surface area contributed by atoms with Gasteiger partial charge in [0.25, 0.3) is 5.56 Å². The molecule has 1 aromatic rings. The quantitative estimate of drug-likeness (QED) is 0.837. The largest absolute Gasteiger partial charge is 0.309 e. The van der Waals surface area contributed by atoms with Crippen LogP contribution >= 0.6 is 15.9 Å². The Bertz CT molecular complexity index is 659. The number of halogens is 1. The molecule has 1 unspecified atom stereocenters. The van der Waals surface area contributed by atoms with Crippen LogP contribution in [-0.2, 0) is 15.3 Å². The molecule has 0 saturated carbocycles. The summed E-state index contributed by atoms with van der Waals surface area (Å²) in [5.74, 6) is 0.523. The van der Waals surface area contributed by atoms with Crippen molar-refractivity contribution in [1.29, 1.82) is 0 Å². The van der Waals surface area contributed by atoms with Crippen LogP contribution in [0.15, 0.2) is 9.27 Å². The lowest BCUT2D eigenvalue weighted by Crippen LogP contribution is -2.25. The van der Waals surface area contributed by atoms with Crippen LogP contribution in [0.3, 0.4) is 0 Å². The van der Waals surface area contributed by atoms with E-state index in [1.54, 1.807) is 0 Å². The molecule has 0 spiro atoms. The summed E-state index contributed by atoms with van der Waals surface area (Å²) in [7, 11) is -2.99. The van der Waals surface area contributed by atoms with E-state index in [-0.39, 0.29) is 28.4 Å². The van der Waals surface area contributed by atoms with E-state index < -0.39 is 9.84 Å². The molecule has 1 N–H and O–H groups in total. The number of nitrogens with one attached hydrogen (secondary N) is 1. The third-order valence-corrected chi connectivity index (χ3v) is 5.71. The number of aromatic amines is 1. The van der Waals surface area contributed by atoms with E-state index >= 15 is 0 Å². The van der Waals surface area contributed by atoms with Gasteiger partial charge in [-0.1, -0.05) is 20.8 Å². The second kappa shape index (κ2) is 4.70. The Kier molecular flexibility index (Phi) is 3.64. The predicted molar refractivity (Wildman–Crippen MR) is 77.3 cm³/mol. The SMILES string of the molecule is CC(C)(C)c1nc(C2CCS(=O)(=O)C2)[nH]c(=O)c1Br. The van der Waals surface area contributed by atoms with Gasteiger partial charge in [0.1, 0.15) is 10.3 Å². The number of hydrogen-bond donors (Lipinski definition) is 1. The van der Waals surface area contributed by atoms with Crippen molar-refractivity contribution in [3.63, 3.8) is 0 Å². The zero-order valence-electron chi connectivity index (χ0n) is 11.2. The molecule has 106 valence electrons. The van der Waals surface area contributed by atoms with Crippen molar-refractivity contribution in [2.24, 2.45) is 0 Å². The molecule has 1 fully saturated rings. The van der Waals surface area contributed by atoms with Gasteiger partial charge in [0.05, 0.1) is 17.2 Å². The van der Waals surface area contributed by atoms with Crippen LogP contribution in [0, 0.1) is 0 Å². The molecule has 0 aliphatic carbocycles. The molecule has 1 aromatic heterocycles. The summed E-state index contributed by atoms with van der Waals surface area (Å²) in [6.45, 7) is 5.90. The highest BCUT2D eigenvalue weighted by atomic mass is 79.9. The maximum Gasteiger partial charge on any atom is 0.265 e. The normalized spacial score (nSPS) is 22.6. The summed E-state index contributed by atoms with van der Waals surface area (Å²) in [6, 6.07) is 0. The van der Waals surface area contributed by atoms with Crippen molar-refractivity contribution in [2.45, 2.75) is 38.5 Å². The number of nitrogens with zero attached hydrogens (tertiary/aromatic N) is 1. The third-order valence-electron chi connectivity index (χ3n) is 3.21. The van der Waals surface area contributed by atoms with E-state index in [9.17, 15) is 13.2 Å². The Balaban J connectivity index is 2.50. The van der Waals surface area contributed by atoms with E-state index in [0.717, 1.165) is 0 Å². The number of aromatic nitrogens is 2. The molecule has 2 heterocycles. The summed E-state index contributed by atoms with van der Waals surface area (Å²) in [4.78, 5) is 19.1. The molecule has 2 rings (SSSR count). The Labute approximate surface area is 120 Å². The molecular weight excluding hydrogens is 332 g/mol. The van der Waals surface area contributed by atoms with Crippen LogP contribution in [0.5, 0.6) is 0 Å². The summed E-state index contributed by atoms with van der Waals surface area (Å²) < 4.78 is 23.5. The first-order valence-corrected chi connectivity index (χ1v) is 8.72. The minimum atomic E-state index is -2.99.